The molecular formula is C19H18FN5O. The van der Waals surface area contributed by atoms with Gasteiger partial charge in [0.15, 0.2) is 11.9 Å². The lowest BCUT2D eigenvalue weighted by Crippen LogP contribution is -2.19. The first-order chi connectivity index (χ1) is 12.7. The van der Waals surface area contributed by atoms with Gasteiger partial charge in [-0.3, -0.25) is 0 Å². The summed E-state index contributed by atoms with van der Waals surface area (Å²) in [6.07, 6.45) is 0.355. The van der Waals surface area contributed by atoms with Crippen molar-refractivity contribution in [3.63, 3.8) is 0 Å². The quantitative estimate of drug-likeness (QED) is 0.724. The smallest absolute Gasteiger partial charge is 0.265 e. The van der Waals surface area contributed by atoms with Gasteiger partial charge >= 0.3 is 0 Å². The minimum Gasteiger partial charge on any atom is -0.381 e. The van der Waals surface area contributed by atoms with Crippen LogP contribution in [0.15, 0.2) is 59.6 Å². The van der Waals surface area contributed by atoms with Crippen molar-refractivity contribution in [2.24, 2.45) is 4.99 Å². The minimum absolute atomic E-state index is 0.255. The predicted octanol–water partition coefficient (Wildman–Crippen LogP) is 3.29. The zero-order valence-corrected chi connectivity index (χ0v) is 14.5. The molecule has 4 rings (SSSR count). The van der Waals surface area contributed by atoms with Gasteiger partial charge in [-0.05, 0) is 24.1 Å². The van der Waals surface area contributed by atoms with Crippen LogP contribution in [0.25, 0.3) is 5.69 Å². The average Bonchev–Trinajstić information content (AvgIpc) is 3.26. The molecule has 1 unspecified atom stereocenters. The predicted molar refractivity (Wildman–Crippen MR) is 95.3 cm³/mol. The summed E-state index contributed by atoms with van der Waals surface area (Å²) < 4.78 is 15.7. The summed E-state index contributed by atoms with van der Waals surface area (Å²) in [6, 6.07) is 16.3. The Balaban J connectivity index is 1.74. The summed E-state index contributed by atoms with van der Waals surface area (Å²) in [6.45, 7) is 1.97. The molecule has 2 heterocycles. The molecule has 0 aliphatic carbocycles. The molecule has 0 amide bonds. The van der Waals surface area contributed by atoms with Gasteiger partial charge in [-0.25, -0.2) is 14.1 Å². The van der Waals surface area contributed by atoms with E-state index in [2.05, 4.69) is 15.3 Å². The number of benzene rings is 2. The largest absolute Gasteiger partial charge is 0.381 e. The Bertz CT molecular complexity index is 954. The Morgan fingerprint density at radius 2 is 1.81 bits per heavy atom. The van der Waals surface area contributed by atoms with E-state index in [1.165, 1.54) is 10.7 Å². The summed E-state index contributed by atoms with van der Waals surface area (Å²) in [7, 11) is 1.82. The lowest BCUT2D eigenvalue weighted by atomic mass is 10.2. The average molecular weight is 351 g/mol. The van der Waals surface area contributed by atoms with E-state index in [0.29, 0.717) is 23.7 Å². The molecule has 132 valence electrons. The molecule has 0 radical (unpaired) electrons. The third-order valence-corrected chi connectivity index (χ3v) is 4.29. The van der Waals surface area contributed by atoms with E-state index in [1.54, 1.807) is 23.3 Å². The highest BCUT2D eigenvalue weighted by atomic mass is 19.1. The lowest BCUT2D eigenvalue weighted by molar-refractivity contribution is -0.0574. The van der Waals surface area contributed by atoms with E-state index < -0.39 is 0 Å². The number of nitrogens with zero attached hydrogens (tertiary/aromatic N) is 5. The van der Waals surface area contributed by atoms with Crippen molar-refractivity contribution >= 4 is 5.90 Å². The summed E-state index contributed by atoms with van der Waals surface area (Å²) in [5.41, 5.74) is 2.65. The zero-order valence-electron chi connectivity index (χ0n) is 14.5. The van der Waals surface area contributed by atoms with E-state index in [4.69, 9.17) is 4.84 Å². The second-order valence-electron chi connectivity index (χ2n) is 5.96. The molecule has 26 heavy (non-hydrogen) atoms. The topological polar surface area (TPSA) is 55.5 Å². The maximum absolute atomic E-state index is 14.2. The molecule has 1 aromatic heterocycles. The summed E-state index contributed by atoms with van der Waals surface area (Å²) in [5, 5.41) is 10.0. The van der Waals surface area contributed by atoms with Crippen LogP contribution in [0.5, 0.6) is 0 Å². The fourth-order valence-electron chi connectivity index (χ4n) is 3.02. The van der Waals surface area contributed by atoms with Crippen molar-refractivity contribution in [1.82, 2.24) is 20.1 Å². The molecule has 1 aliphatic rings. The van der Waals surface area contributed by atoms with Crippen molar-refractivity contribution in [3.05, 3.63) is 77.4 Å². The minimum atomic E-state index is -0.354. The first-order valence-electron chi connectivity index (χ1n) is 8.42. The van der Waals surface area contributed by atoms with E-state index in [9.17, 15) is 4.39 Å². The molecule has 0 bridgehead atoms. The summed E-state index contributed by atoms with van der Waals surface area (Å²) in [5.74, 6) is 0.0352. The van der Waals surface area contributed by atoms with Gasteiger partial charge in [0, 0.05) is 7.05 Å². The van der Waals surface area contributed by atoms with E-state index in [1.807, 2.05) is 44.3 Å². The molecule has 0 saturated heterocycles. The standard InChI is InChI=1S/C19H18FN5O/c1-3-15-17(22-23-25(15)16-12-8-7-11-14(16)20)19-21-18(24(2)26-19)13-9-5-4-6-10-13/h4-12,18H,3H2,1-2H3. The van der Waals surface area contributed by atoms with Crippen LogP contribution in [0.1, 0.15) is 30.0 Å². The second-order valence-corrected chi connectivity index (χ2v) is 5.96. The van der Waals surface area contributed by atoms with Crippen LogP contribution in [0, 0.1) is 5.82 Å². The number of halogens is 1. The van der Waals surface area contributed by atoms with Crippen molar-refractivity contribution in [1.29, 1.82) is 0 Å². The Labute approximate surface area is 150 Å². The van der Waals surface area contributed by atoms with E-state index in [-0.39, 0.29) is 12.0 Å². The first kappa shape index (κ1) is 16.4. The Kier molecular flexibility index (Phi) is 4.22. The van der Waals surface area contributed by atoms with E-state index in [0.717, 1.165) is 11.3 Å². The van der Waals surface area contributed by atoms with Crippen molar-refractivity contribution in [3.8, 4) is 5.69 Å². The summed E-state index contributed by atoms with van der Waals surface area (Å²) >= 11 is 0. The second kappa shape index (κ2) is 6.68. The van der Waals surface area contributed by atoms with Crippen LogP contribution in [0.4, 0.5) is 4.39 Å². The van der Waals surface area contributed by atoms with Crippen LogP contribution < -0.4 is 0 Å². The molecule has 1 atom stereocenters. The summed E-state index contributed by atoms with van der Waals surface area (Å²) in [4.78, 5) is 10.5. The third-order valence-electron chi connectivity index (χ3n) is 4.29. The van der Waals surface area contributed by atoms with Crippen molar-refractivity contribution < 1.29 is 9.23 Å². The molecule has 0 fully saturated rings. The monoisotopic (exact) mass is 351 g/mol. The zero-order chi connectivity index (χ0) is 18.1. The van der Waals surface area contributed by atoms with Crippen molar-refractivity contribution in [2.75, 3.05) is 7.05 Å². The maximum atomic E-state index is 14.2. The van der Waals surface area contributed by atoms with Gasteiger partial charge in [0.05, 0.1) is 5.69 Å². The van der Waals surface area contributed by atoms with Crippen LogP contribution in [-0.2, 0) is 11.3 Å². The molecule has 0 saturated carbocycles. The lowest BCUT2D eigenvalue weighted by Gasteiger charge is -2.15. The van der Waals surface area contributed by atoms with Gasteiger partial charge < -0.3 is 4.84 Å². The fourth-order valence-corrected chi connectivity index (χ4v) is 3.02. The number of aliphatic imine (C=N–C) groups is 1. The molecule has 7 heteroatoms. The number of hydrogen-bond acceptors (Lipinski definition) is 5. The number of hydrogen-bond donors (Lipinski definition) is 0. The molecule has 3 aromatic rings. The molecule has 0 spiro atoms. The first-order valence-corrected chi connectivity index (χ1v) is 8.42. The van der Waals surface area contributed by atoms with Gasteiger partial charge in [0.2, 0.25) is 0 Å². The highest BCUT2D eigenvalue weighted by Gasteiger charge is 2.31. The number of rotatable bonds is 4. The SMILES string of the molecule is CCc1c(C2=NC(c3ccccc3)N(C)O2)nnn1-c1ccccc1F. The van der Waals surface area contributed by atoms with Gasteiger partial charge in [-0.2, -0.15) is 0 Å². The number of para-hydroxylation sites is 1. The van der Waals surface area contributed by atoms with E-state index >= 15 is 0 Å². The van der Waals surface area contributed by atoms with Gasteiger partial charge in [-0.15, -0.1) is 10.2 Å². The number of aromatic nitrogens is 3. The maximum Gasteiger partial charge on any atom is 0.265 e. The van der Waals surface area contributed by atoms with Gasteiger partial charge in [0.1, 0.15) is 11.5 Å². The fraction of sp³-hybridized carbons (Fsp3) is 0.211. The number of hydroxylamine groups is 2. The van der Waals surface area contributed by atoms with Crippen molar-refractivity contribution in [2.45, 2.75) is 19.5 Å². The Morgan fingerprint density at radius 3 is 2.54 bits per heavy atom. The van der Waals surface area contributed by atoms with Crippen LogP contribution in [-0.4, -0.2) is 33.0 Å². The highest BCUT2D eigenvalue weighted by Crippen LogP contribution is 2.29. The van der Waals surface area contributed by atoms with Crippen LogP contribution in [0.2, 0.25) is 0 Å². The van der Waals surface area contributed by atoms with Gasteiger partial charge in [-0.1, -0.05) is 54.6 Å². The molecule has 0 N–H and O–H groups in total. The highest BCUT2D eigenvalue weighted by molar-refractivity contribution is 5.94. The van der Waals surface area contributed by atoms with Gasteiger partial charge in [0.25, 0.3) is 5.90 Å². The Hall–Kier alpha value is -3.06. The molecule has 6 nitrogen and oxygen atoms in total. The van der Waals surface area contributed by atoms with Crippen LogP contribution in [0.3, 0.4) is 0 Å². The normalized spacial score (nSPS) is 17.2. The Morgan fingerprint density at radius 1 is 1.08 bits per heavy atom. The molecular weight excluding hydrogens is 333 g/mol. The molecule has 1 aliphatic heterocycles. The molecule has 2 aromatic carbocycles. The third kappa shape index (κ3) is 2.76. The van der Waals surface area contributed by atoms with Crippen LogP contribution >= 0.6 is 0 Å².